The fourth-order valence-corrected chi connectivity index (χ4v) is 4.63. The number of aryl methyl sites for hydroxylation is 2. The number of pyridine rings is 1. The van der Waals surface area contributed by atoms with Crippen molar-refractivity contribution in [1.82, 2.24) is 9.99 Å². The van der Waals surface area contributed by atoms with Crippen LogP contribution in [0.1, 0.15) is 42.0 Å². The molecule has 2 aromatic rings. The number of hydrogen-bond donors (Lipinski definition) is 0. The first-order chi connectivity index (χ1) is 13.7. The van der Waals surface area contributed by atoms with E-state index in [1.54, 1.807) is 21.3 Å². The van der Waals surface area contributed by atoms with Gasteiger partial charge in [0, 0.05) is 37.0 Å². The van der Waals surface area contributed by atoms with Crippen molar-refractivity contribution >= 4 is 17.0 Å². The van der Waals surface area contributed by atoms with Crippen LogP contribution in [0.25, 0.3) is 10.8 Å². The molecule has 0 radical (unpaired) electrons. The first kappa shape index (κ1) is 19.0. The first-order valence-corrected chi connectivity index (χ1v) is 10.0. The molecule has 0 amide bonds. The molecule has 150 valence electrons. The quantitative estimate of drug-likeness (QED) is 0.712. The molecule has 6 nitrogen and oxygen atoms in total. The number of fused-ring (bicyclic) bond motifs is 2. The Hall–Kier alpha value is -2.34. The highest BCUT2D eigenvalue weighted by Gasteiger charge is 2.29. The van der Waals surface area contributed by atoms with Crippen molar-refractivity contribution < 1.29 is 14.2 Å². The van der Waals surface area contributed by atoms with E-state index < -0.39 is 0 Å². The molecule has 1 saturated heterocycles. The van der Waals surface area contributed by atoms with Gasteiger partial charge in [-0.3, -0.25) is 5.01 Å². The van der Waals surface area contributed by atoms with Crippen molar-refractivity contribution in [2.45, 2.75) is 44.6 Å². The molecule has 0 spiro atoms. The van der Waals surface area contributed by atoms with Gasteiger partial charge in [-0.15, -0.1) is 0 Å². The van der Waals surface area contributed by atoms with Gasteiger partial charge in [-0.1, -0.05) is 6.07 Å². The summed E-state index contributed by atoms with van der Waals surface area (Å²) in [6, 6.07) is 4.75. The molecular formula is C22H29N3O3. The van der Waals surface area contributed by atoms with Crippen LogP contribution in [0.15, 0.2) is 17.2 Å². The van der Waals surface area contributed by atoms with E-state index in [1.165, 1.54) is 17.5 Å². The van der Waals surface area contributed by atoms with Crippen molar-refractivity contribution in [3.8, 4) is 11.6 Å². The molecule has 0 saturated carbocycles. The molecule has 1 aromatic carbocycles. The normalized spacial score (nSPS) is 21.6. The van der Waals surface area contributed by atoms with Crippen LogP contribution in [0.4, 0.5) is 0 Å². The van der Waals surface area contributed by atoms with E-state index in [9.17, 15) is 0 Å². The van der Waals surface area contributed by atoms with Crippen LogP contribution in [0.3, 0.4) is 0 Å². The fourth-order valence-electron chi connectivity index (χ4n) is 4.63. The Labute approximate surface area is 166 Å². The zero-order chi connectivity index (χ0) is 19.7. The van der Waals surface area contributed by atoms with Crippen LogP contribution in [0.2, 0.25) is 0 Å². The average Bonchev–Trinajstić information content (AvgIpc) is 3.30. The average molecular weight is 383 g/mol. The summed E-state index contributed by atoms with van der Waals surface area (Å²) in [4.78, 5) is 4.56. The zero-order valence-corrected chi connectivity index (χ0v) is 17.2. The molecule has 4 rings (SSSR count). The summed E-state index contributed by atoms with van der Waals surface area (Å²) >= 11 is 0. The van der Waals surface area contributed by atoms with Gasteiger partial charge in [0.1, 0.15) is 5.75 Å². The minimum atomic E-state index is 0.240. The molecule has 28 heavy (non-hydrogen) atoms. The summed E-state index contributed by atoms with van der Waals surface area (Å²) in [5.41, 5.74) is 3.51. The second kappa shape index (κ2) is 7.95. The van der Waals surface area contributed by atoms with E-state index in [1.807, 2.05) is 6.92 Å². The summed E-state index contributed by atoms with van der Waals surface area (Å²) in [5.74, 6) is 1.74. The first-order valence-electron chi connectivity index (χ1n) is 10.0. The lowest BCUT2D eigenvalue weighted by Crippen LogP contribution is -2.28. The van der Waals surface area contributed by atoms with Gasteiger partial charge < -0.3 is 14.2 Å². The van der Waals surface area contributed by atoms with Crippen LogP contribution in [0.5, 0.6) is 11.6 Å². The Morgan fingerprint density at radius 1 is 1.21 bits per heavy atom. The molecule has 0 bridgehead atoms. The van der Waals surface area contributed by atoms with Crippen LogP contribution in [-0.4, -0.2) is 56.7 Å². The molecule has 2 heterocycles. The Balaban J connectivity index is 1.73. The predicted molar refractivity (Wildman–Crippen MR) is 111 cm³/mol. The standard InChI is InChI=1S/C22H29N3O3/c1-14-10-17-11-15-7-8-16(12-23-25-9-5-6-18(25)13-26-2)19(15)21(27-3)20(17)22(24-14)28-4/h10-12,16,18H,5-9,13H2,1-4H3/b23-12+/t16?,18-/m1/s1. The number of aromatic nitrogens is 1. The Morgan fingerprint density at radius 3 is 2.82 bits per heavy atom. The summed E-state index contributed by atoms with van der Waals surface area (Å²) in [6.45, 7) is 3.72. The van der Waals surface area contributed by atoms with Crippen LogP contribution in [0, 0.1) is 6.92 Å². The molecule has 0 N–H and O–H groups in total. The largest absolute Gasteiger partial charge is 0.496 e. The maximum absolute atomic E-state index is 5.90. The third-order valence-corrected chi connectivity index (χ3v) is 5.89. The van der Waals surface area contributed by atoms with Gasteiger partial charge in [-0.25, -0.2) is 4.98 Å². The van der Waals surface area contributed by atoms with Crippen molar-refractivity contribution in [3.05, 3.63) is 29.0 Å². The molecular weight excluding hydrogens is 354 g/mol. The Kier molecular flexibility index (Phi) is 5.40. The number of ether oxygens (including phenoxy) is 3. The SMILES string of the molecule is COC[C@H]1CCCN1/N=C/C1CCc2cc3cc(C)nc(OC)c3c(OC)c21. The number of hydrogen-bond acceptors (Lipinski definition) is 6. The van der Waals surface area contributed by atoms with Crippen molar-refractivity contribution in [1.29, 1.82) is 0 Å². The summed E-state index contributed by atoms with van der Waals surface area (Å²) in [6.07, 6.45) is 6.49. The lowest BCUT2D eigenvalue weighted by Gasteiger charge is -2.21. The van der Waals surface area contributed by atoms with Gasteiger partial charge in [0.05, 0.1) is 32.3 Å². The molecule has 2 aliphatic rings. The van der Waals surface area contributed by atoms with Crippen molar-refractivity contribution in [3.63, 3.8) is 0 Å². The van der Waals surface area contributed by atoms with Crippen LogP contribution in [-0.2, 0) is 11.2 Å². The van der Waals surface area contributed by atoms with E-state index in [0.717, 1.165) is 54.6 Å². The third kappa shape index (κ3) is 3.30. The minimum Gasteiger partial charge on any atom is -0.496 e. The second-order valence-corrected chi connectivity index (χ2v) is 7.68. The smallest absolute Gasteiger partial charge is 0.225 e. The van der Waals surface area contributed by atoms with Gasteiger partial charge in [0.2, 0.25) is 5.88 Å². The molecule has 1 aliphatic carbocycles. The highest BCUT2D eigenvalue weighted by Crippen LogP contribution is 2.45. The highest BCUT2D eigenvalue weighted by atomic mass is 16.5. The van der Waals surface area contributed by atoms with Gasteiger partial charge in [0.25, 0.3) is 0 Å². The van der Waals surface area contributed by atoms with Crippen molar-refractivity contribution in [2.75, 3.05) is 34.5 Å². The van der Waals surface area contributed by atoms with E-state index in [-0.39, 0.29) is 5.92 Å². The summed E-state index contributed by atoms with van der Waals surface area (Å²) in [5, 5.41) is 9.10. The number of nitrogens with zero attached hydrogens (tertiary/aromatic N) is 3. The number of benzene rings is 1. The number of hydrazone groups is 1. The van der Waals surface area contributed by atoms with E-state index in [2.05, 4.69) is 28.3 Å². The van der Waals surface area contributed by atoms with E-state index >= 15 is 0 Å². The Morgan fingerprint density at radius 2 is 2.07 bits per heavy atom. The lowest BCUT2D eigenvalue weighted by molar-refractivity contribution is 0.118. The molecule has 2 atom stereocenters. The number of rotatable bonds is 6. The molecule has 6 heteroatoms. The van der Waals surface area contributed by atoms with Crippen LogP contribution < -0.4 is 9.47 Å². The van der Waals surface area contributed by atoms with Gasteiger partial charge >= 0.3 is 0 Å². The Bertz CT molecular complexity index is 896. The maximum atomic E-state index is 5.90. The van der Waals surface area contributed by atoms with Crippen molar-refractivity contribution in [2.24, 2.45) is 5.10 Å². The van der Waals surface area contributed by atoms with E-state index in [0.29, 0.717) is 11.9 Å². The third-order valence-electron chi connectivity index (χ3n) is 5.89. The molecule has 1 unspecified atom stereocenters. The minimum absolute atomic E-state index is 0.240. The lowest BCUT2D eigenvalue weighted by atomic mass is 9.97. The number of methoxy groups -OCH3 is 3. The zero-order valence-electron chi connectivity index (χ0n) is 17.2. The van der Waals surface area contributed by atoms with E-state index in [4.69, 9.17) is 19.3 Å². The summed E-state index contributed by atoms with van der Waals surface area (Å²) in [7, 11) is 5.15. The van der Waals surface area contributed by atoms with Crippen LogP contribution >= 0.6 is 0 Å². The van der Waals surface area contributed by atoms with Gasteiger partial charge in [-0.2, -0.15) is 5.10 Å². The van der Waals surface area contributed by atoms with Gasteiger partial charge in [0.15, 0.2) is 0 Å². The molecule has 1 aromatic heterocycles. The highest BCUT2D eigenvalue weighted by molar-refractivity contribution is 5.96. The maximum Gasteiger partial charge on any atom is 0.225 e. The van der Waals surface area contributed by atoms with Gasteiger partial charge in [-0.05, 0) is 49.6 Å². The fraction of sp³-hybridized carbons (Fsp3) is 0.545. The molecule has 1 aliphatic heterocycles. The predicted octanol–water partition coefficient (Wildman–Crippen LogP) is 3.69. The monoisotopic (exact) mass is 383 g/mol. The second-order valence-electron chi connectivity index (χ2n) is 7.68. The molecule has 1 fully saturated rings. The topological polar surface area (TPSA) is 56.2 Å². The summed E-state index contributed by atoms with van der Waals surface area (Å²) < 4.78 is 16.8.